The average molecular weight is 336 g/mol. The topological polar surface area (TPSA) is 88.5 Å². The third-order valence-electron chi connectivity index (χ3n) is 3.00. The molecule has 2 heterocycles. The zero-order valence-electron chi connectivity index (χ0n) is 12.0. The number of hydrogen-bond acceptors (Lipinski definition) is 7. The molecule has 0 aliphatic carbocycles. The van der Waals surface area contributed by atoms with Crippen LogP contribution in [0.3, 0.4) is 0 Å². The highest BCUT2D eigenvalue weighted by molar-refractivity contribution is 7.88. The maximum absolute atomic E-state index is 11.5. The molecule has 0 bridgehead atoms. The van der Waals surface area contributed by atoms with Gasteiger partial charge in [-0.05, 0) is 18.0 Å². The maximum atomic E-state index is 11.5. The quantitative estimate of drug-likeness (QED) is 0.769. The summed E-state index contributed by atoms with van der Waals surface area (Å²) in [5.74, 6) is 0.411. The van der Waals surface area contributed by atoms with Crippen molar-refractivity contribution in [3.8, 4) is 6.01 Å². The van der Waals surface area contributed by atoms with Gasteiger partial charge in [-0.25, -0.2) is 8.42 Å². The second-order valence-corrected chi connectivity index (χ2v) is 7.01. The van der Waals surface area contributed by atoms with Crippen molar-refractivity contribution in [2.45, 2.75) is 13.3 Å². The van der Waals surface area contributed by atoms with Gasteiger partial charge >= 0.3 is 6.01 Å². The van der Waals surface area contributed by atoms with E-state index in [1.807, 2.05) is 11.8 Å². The molecule has 0 aromatic carbocycles. The van der Waals surface area contributed by atoms with Crippen molar-refractivity contribution in [3.63, 3.8) is 0 Å². The monoisotopic (exact) mass is 335 g/mol. The molecule has 0 unspecified atom stereocenters. The first-order chi connectivity index (χ1) is 9.90. The van der Waals surface area contributed by atoms with Gasteiger partial charge in [-0.2, -0.15) is 19.3 Å². The summed E-state index contributed by atoms with van der Waals surface area (Å²) in [7, 11) is -3.16. The van der Waals surface area contributed by atoms with Crippen LogP contribution < -0.4 is 9.64 Å². The Morgan fingerprint density at radius 3 is 2.43 bits per heavy atom. The second kappa shape index (κ2) is 6.71. The van der Waals surface area contributed by atoms with Gasteiger partial charge in [0.15, 0.2) is 0 Å². The minimum absolute atomic E-state index is 0.0663. The summed E-state index contributed by atoms with van der Waals surface area (Å²) in [5.41, 5.74) is 0. The first-order valence-corrected chi connectivity index (χ1v) is 8.87. The highest BCUT2D eigenvalue weighted by Crippen LogP contribution is 2.17. The van der Waals surface area contributed by atoms with E-state index in [-0.39, 0.29) is 11.3 Å². The van der Waals surface area contributed by atoms with E-state index in [1.165, 1.54) is 10.6 Å². The Bertz CT molecular complexity index is 590. The number of ether oxygens (including phenoxy) is 1. The standard InChI is InChI=1S/C11H18ClN5O3S/c1-3-8-20-11-14-9(12)13-10(15-11)16-4-6-17(7-5-16)21(2,18)19/h3-8H2,1-2H3. The third kappa shape index (κ3) is 4.39. The van der Waals surface area contributed by atoms with Crippen LogP contribution in [0, 0.1) is 0 Å². The summed E-state index contributed by atoms with van der Waals surface area (Å²) in [6.07, 6.45) is 2.05. The molecule has 1 fully saturated rings. The fraction of sp³-hybridized carbons (Fsp3) is 0.727. The van der Waals surface area contributed by atoms with Crippen LogP contribution in [0.2, 0.25) is 5.28 Å². The molecule has 1 aliphatic heterocycles. The van der Waals surface area contributed by atoms with E-state index in [1.54, 1.807) is 0 Å². The maximum Gasteiger partial charge on any atom is 0.322 e. The second-order valence-electron chi connectivity index (χ2n) is 4.68. The molecule has 8 nitrogen and oxygen atoms in total. The van der Waals surface area contributed by atoms with Crippen molar-refractivity contribution in [1.82, 2.24) is 19.3 Å². The number of anilines is 1. The molecule has 1 aliphatic rings. The fourth-order valence-electron chi connectivity index (χ4n) is 1.94. The fourth-order valence-corrected chi connectivity index (χ4v) is 2.92. The molecule has 2 rings (SSSR count). The summed E-state index contributed by atoms with van der Waals surface area (Å²) < 4.78 is 29.8. The lowest BCUT2D eigenvalue weighted by molar-refractivity contribution is 0.290. The van der Waals surface area contributed by atoms with Crippen LogP contribution in [-0.2, 0) is 10.0 Å². The van der Waals surface area contributed by atoms with Gasteiger partial charge in [0.25, 0.3) is 0 Å². The number of rotatable bonds is 5. The van der Waals surface area contributed by atoms with E-state index < -0.39 is 10.0 Å². The number of hydrogen-bond donors (Lipinski definition) is 0. The van der Waals surface area contributed by atoms with Crippen LogP contribution in [-0.4, -0.2) is 66.7 Å². The van der Waals surface area contributed by atoms with Crippen LogP contribution in [0.1, 0.15) is 13.3 Å². The summed E-state index contributed by atoms with van der Waals surface area (Å²) in [6.45, 7) is 4.28. The van der Waals surface area contributed by atoms with Crippen molar-refractivity contribution in [2.75, 3.05) is 43.9 Å². The Hall–Kier alpha value is -1.19. The number of aromatic nitrogens is 3. The summed E-state index contributed by atoms with van der Waals surface area (Å²) in [5, 5.41) is 0.0663. The summed E-state index contributed by atoms with van der Waals surface area (Å²) in [6, 6.07) is 0.192. The predicted molar refractivity (Wildman–Crippen MR) is 79.3 cm³/mol. The first-order valence-electron chi connectivity index (χ1n) is 6.64. The van der Waals surface area contributed by atoms with Gasteiger partial charge in [0.1, 0.15) is 0 Å². The molecule has 118 valence electrons. The smallest absolute Gasteiger partial charge is 0.322 e. The van der Waals surface area contributed by atoms with Gasteiger partial charge in [0, 0.05) is 26.2 Å². The van der Waals surface area contributed by atoms with Crippen LogP contribution in [0.4, 0.5) is 5.95 Å². The molecule has 21 heavy (non-hydrogen) atoms. The van der Waals surface area contributed by atoms with Crippen LogP contribution in [0.5, 0.6) is 6.01 Å². The minimum Gasteiger partial charge on any atom is -0.463 e. The van der Waals surface area contributed by atoms with E-state index in [0.717, 1.165) is 6.42 Å². The Balaban J connectivity index is 2.07. The van der Waals surface area contributed by atoms with Crippen LogP contribution >= 0.6 is 11.6 Å². The Morgan fingerprint density at radius 2 is 1.86 bits per heavy atom. The van der Waals surface area contributed by atoms with E-state index >= 15 is 0 Å². The van der Waals surface area contributed by atoms with Crippen molar-refractivity contribution in [2.24, 2.45) is 0 Å². The van der Waals surface area contributed by atoms with E-state index in [4.69, 9.17) is 16.3 Å². The molecule has 0 spiro atoms. The van der Waals surface area contributed by atoms with Gasteiger partial charge in [-0.3, -0.25) is 0 Å². The molecule has 0 radical (unpaired) electrons. The molecule has 0 N–H and O–H groups in total. The average Bonchev–Trinajstić information content (AvgIpc) is 2.44. The van der Waals surface area contributed by atoms with Crippen molar-refractivity contribution < 1.29 is 13.2 Å². The molecular weight excluding hydrogens is 318 g/mol. The van der Waals surface area contributed by atoms with Gasteiger partial charge in [-0.15, -0.1) is 0 Å². The van der Waals surface area contributed by atoms with Gasteiger partial charge in [-0.1, -0.05) is 6.92 Å². The van der Waals surface area contributed by atoms with E-state index in [2.05, 4.69) is 15.0 Å². The number of sulfonamides is 1. The van der Waals surface area contributed by atoms with Gasteiger partial charge in [0.05, 0.1) is 12.9 Å². The van der Waals surface area contributed by atoms with Crippen LogP contribution in [0.15, 0.2) is 0 Å². The van der Waals surface area contributed by atoms with Crippen molar-refractivity contribution in [1.29, 1.82) is 0 Å². The number of nitrogens with zero attached hydrogens (tertiary/aromatic N) is 5. The van der Waals surface area contributed by atoms with Crippen LogP contribution in [0.25, 0.3) is 0 Å². The zero-order valence-corrected chi connectivity index (χ0v) is 13.6. The lowest BCUT2D eigenvalue weighted by Gasteiger charge is -2.33. The lowest BCUT2D eigenvalue weighted by Crippen LogP contribution is -2.48. The van der Waals surface area contributed by atoms with Gasteiger partial charge in [0.2, 0.25) is 21.3 Å². The predicted octanol–water partition coefficient (Wildman–Crippen LogP) is 0.395. The lowest BCUT2D eigenvalue weighted by atomic mass is 10.4. The SMILES string of the molecule is CCCOc1nc(Cl)nc(N2CCN(S(C)(=O)=O)CC2)n1. The highest BCUT2D eigenvalue weighted by Gasteiger charge is 2.25. The minimum atomic E-state index is -3.16. The number of piperazine rings is 1. The highest BCUT2D eigenvalue weighted by atomic mass is 35.5. The first kappa shape index (κ1) is 16.2. The molecule has 0 atom stereocenters. The molecular formula is C11H18ClN5O3S. The molecule has 10 heteroatoms. The summed E-state index contributed by atoms with van der Waals surface area (Å²) in [4.78, 5) is 14.1. The third-order valence-corrected chi connectivity index (χ3v) is 4.47. The van der Waals surface area contributed by atoms with E-state index in [9.17, 15) is 8.42 Å². The molecule has 0 amide bonds. The summed E-state index contributed by atoms with van der Waals surface area (Å²) >= 11 is 5.87. The Kier molecular flexibility index (Phi) is 5.17. The Morgan fingerprint density at radius 1 is 1.19 bits per heavy atom. The molecule has 1 aromatic rings. The zero-order chi connectivity index (χ0) is 15.5. The molecule has 1 saturated heterocycles. The number of halogens is 1. The van der Waals surface area contributed by atoms with Gasteiger partial charge < -0.3 is 9.64 Å². The molecule has 0 saturated carbocycles. The Labute approximate surface area is 129 Å². The largest absolute Gasteiger partial charge is 0.463 e. The molecule has 1 aromatic heterocycles. The van der Waals surface area contributed by atoms with Crippen molar-refractivity contribution >= 4 is 27.6 Å². The normalized spacial score (nSPS) is 17.0. The van der Waals surface area contributed by atoms with Crippen molar-refractivity contribution in [3.05, 3.63) is 5.28 Å². The van der Waals surface area contributed by atoms with E-state index in [0.29, 0.717) is 38.7 Å².